The van der Waals surface area contributed by atoms with E-state index < -0.39 is 5.60 Å². The summed E-state index contributed by atoms with van der Waals surface area (Å²) in [6.45, 7) is 2.52. The first-order chi connectivity index (χ1) is 9.59. The maximum atomic E-state index is 11.3. The summed E-state index contributed by atoms with van der Waals surface area (Å²) in [5.41, 5.74) is -0.0591. The van der Waals surface area contributed by atoms with Crippen LogP contribution in [0.3, 0.4) is 0 Å². The van der Waals surface area contributed by atoms with Crippen molar-refractivity contribution >= 4 is 11.6 Å². The van der Waals surface area contributed by atoms with E-state index in [1.807, 2.05) is 24.3 Å². The number of hydrogen-bond donors (Lipinski definition) is 1. The minimum atomic E-state index is -0.945. The van der Waals surface area contributed by atoms with Crippen molar-refractivity contribution in [2.24, 2.45) is 11.8 Å². The molecule has 0 saturated heterocycles. The molecule has 106 valence electrons. The van der Waals surface area contributed by atoms with Crippen LogP contribution in [0.25, 0.3) is 0 Å². The van der Waals surface area contributed by atoms with E-state index in [4.69, 9.17) is 11.6 Å². The fraction of sp³-hybridized carbons (Fsp3) is 0.467. The van der Waals surface area contributed by atoms with E-state index in [1.54, 1.807) is 17.1 Å². The number of nitrogens with zero attached hydrogens (tertiary/aromatic N) is 3. The standard InChI is InChI=1S/C15H18ClN3O/c1-11(12-2-3-12)15(20,10-19-9-8-17-18-19)13-4-6-14(16)7-5-13/h4-9,11-12,20H,2-3,10H2,1H3. The van der Waals surface area contributed by atoms with Crippen LogP contribution in [0.4, 0.5) is 0 Å². The second-order valence-corrected chi connectivity index (χ2v) is 6.09. The molecule has 4 nitrogen and oxygen atoms in total. The van der Waals surface area contributed by atoms with Crippen LogP contribution in [0.15, 0.2) is 36.7 Å². The zero-order valence-corrected chi connectivity index (χ0v) is 12.2. The fourth-order valence-corrected chi connectivity index (χ4v) is 2.91. The van der Waals surface area contributed by atoms with Crippen molar-refractivity contribution in [3.05, 3.63) is 47.2 Å². The Kier molecular flexibility index (Phi) is 3.52. The highest BCUT2D eigenvalue weighted by atomic mass is 35.5. The van der Waals surface area contributed by atoms with Gasteiger partial charge in [-0.25, -0.2) is 4.68 Å². The summed E-state index contributed by atoms with van der Waals surface area (Å²) in [5, 5.41) is 19.8. The van der Waals surface area contributed by atoms with Crippen molar-refractivity contribution in [3.8, 4) is 0 Å². The molecule has 1 fully saturated rings. The van der Waals surface area contributed by atoms with Gasteiger partial charge in [-0.2, -0.15) is 0 Å². The van der Waals surface area contributed by atoms with Gasteiger partial charge in [-0.15, -0.1) is 5.10 Å². The second kappa shape index (κ2) is 5.19. The Bertz CT molecular complexity index is 565. The maximum Gasteiger partial charge on any atom is 0.112 e. The zero-order valence-electron chi connectivity index (χ0n) is 11.4. The van der Waals surface area contributed by atoms with Gasteiger partial charge in [0, 0.05) is 11.2 Å². The lowest BCUT2D eigenvalue weighted by Gasteiger charge is -2.35. The summed E-state index contributed by atoms with van der Waals surface area (Å²) >= 11 is 5.95. The highest BCUT2D eigenvalue weighted by Gasteiger charge is 2.44. The van der Waals surface area contributed by atoms with Crippen LogP contribution >= 0.6 is 11.6 Å². The molecule has 0 radical (unpaired) electrons. The minimum absolute atomic E-state index is 0.174. The number of aromatic nitrogens is 3. The Balaban J connectivity index is 1.95. The van der Waals surface area contributed by atoms with Crippen molar-refractivity contribution < 1.29 is 5.11 Å². The molecule has 2 unspecified atom stereocenters. The number of hydrogen-bond acceptors (Lipinski definition) is 3. The highest BCUT2D eigenvalue weighted by Crippen LogP contribution is 2.46. The SMILES string of the molecule is CC(C1CC1)C(O)(Cn1ccnn1)c1ccc(Cl)cc1. The van der Waals surface area contributed by atoms with Gasteiger partial charge in [-0.05, 0) is 42.4 Å². The quantitative estimate of drug-likeness (QED) is 0.921. The van der Waals surface area contributed by atoms with Crippen LogP contribution in [-0.2, 0) is 12.1 Å². The first-order valence-corrected chi connectivity index (χ1v) is 7.30. The Hall–Kier alpha value is -1.39. The molecule has 1 aromatic heterocycles. The molecule has 1 aliphatic rings. The lowest BCUT2D eigenvalue weighted by Crippen LogP contribution is -2.39. The van der Waals surface area contributed by atoms with Gasteiger partial charge in [0.1, 0.15) is 5.60 Å². The maximum absolute atomic E-state index is 11.3. The predicted octanol–water partition coefficient (Wildman–Crippen LogP) is 2.87. The van der Waals surface area contributed by atoms with E-state index in [9.17, 15) is 5.11 Å². The van der Waals surface area contributed by atoms with Crippen LogP contribution in [0, 0.1) is 11.8 Å². The van der Waals surface area contributed by atoms with Gasteiger partial charge >= 0.3 is 0 Å². The van der Waals surface area contributed by atoms with Crippen molar-refractivity contribution in [1.82, 2.24) is 15.0 Å². The molecule has 3 rings (SSSR count). The van der Waals surface area contributed by atoms with E-state index in [1.165, 1.54) is 12.8 Å². The van der Waals surface area contributed by atoms with E-state index in [-0.39, 0.29) is 5.92 Å². The minimum Gasteiger partial charge on any atom is -0.383 e. The molecule has 0 amide bonds. The molecule has 0 bridgehead atoms. The molecular weight excluding hydrogens is 274 g/mol. The van der Waals surface area contributed by atoms with Crippen LogP contribution < -0.4 is 0 Å². The summed E-state index contributed by atoms with van der Waals surface area (Å²) < 4.78 is 1.69. The first kappa shape index (κ1) is 13.6. The second-order valence-electron chi connectivity index (χ2n) is 5.66. The first-order valence-electron chi connectivity index (χ1n) is 6.92. The van der Waals surface area contributed by atoms with Crippen molar-refractivity contribution in [3.63, 3.8) is 0 Å². The van der Waals surface area contributed by atoms with Gasteiger partial charge in [-0.3, -0.25) is 0 Å². The van der Waals surface area contributed by atoms with Gasteiger partial charge in [0.15, 0.2) is 0 Å². The van der Waals surface area contributed by atoms with Crippen LogP contribution in [0.5, 0.6) is 0 Å². The lowest BCUT2D eigenvalue weighted by atomic mass is 9.79. The molecule has 1 heterocycles. The normalized spacial score (nSPS) is 19.6. The molecule has 0 spiro atoms. The van der Waals surface area contributed by atoms with Crippen molar-refractivity contribution in [2.45, 2.75) is 31.9 Å². The Morgan fingerprint density at radius 1 is 1.40 bits per heavy atom. The van der Waals surface area contributed by atoms with E-state index in [0.717, 1.165) is 5.56 Å². The average molecular weight is 292 g/mol. The molecule has 5 heteroatoms. The summed E-state index contributed by atoms with van der Waals surface area (Å²) in [5.74, 6) is 0.757. The average Bonchev–Trinajstić information content (AvgIpc) is 3.17. The molecule has 20 heavy (non-hydrogen) atoms. The third kappa shape index (κ3) is 2.58. The van der Waals surface area contributed by atoms with Crippen LogP contribution in [0.2, 0.25) is 5.02 Å². The Morgan fingerprint density at radius 3 is 2.65 bits per heavy atom. The molecular formula is C15H18ClN3O. The molecule has 1 N–H and O–H groups in total. The van der Waals surface area contributed by atoms with E-state index in [0.29, 0.717) is 17.5 Å². The predicted molar refractivity (Wildman–Crippen MR) is 77.3 cm³/mol. The molecule has 1 aromatic carbocycles. The number of aliphatic hydroxyl groups is 1. The fourth-order valence-electron chi connectivity index (χ4n) is 2.79. The number of rotatable bonds is 5. The summed E-state index contributed by atoms with van der Waals surface area (Å²) in [6, 6.07) is 7.45. The molecule has 2 aromatic rings. The van der Waals surface area contributed by atoms with Crippen molar-refractivity contribution in [2.75, 3.05) is 0 Å². The number of benzene rings is 1. The van der Waals surface area contributed by atoms with Crippen LogP contribution in [-0.4, -0.2) is 20.1 Å². The third-order valence-corrected chi connectivity index (χ3v) is 4.55. The van der Waals surface area contributed by atoms with Gasteiger partial charge in [0.05, 0.1) is 12.7 Å². The van der Waals surface area contributed by atoms with Gasteiger partial charge < -0.3 is 5.11 Å². The summed E-state index contributed by atoms with van der Waals surface area (Å²) in [7, 11) is 0. The topological polar surface area (TPSA) is 50.9 Å². The van der Waals surface area contributed by atoms with Crippen molar-refractivity contribution in [1.29, 1.82) is 0 Å². The monoisotopic (exact) mass is 291 g/mol. The zero-order chi connectivity index (χ0) is 14.2. The Morgan fingerprint density at radius 2 is 2.10 bits per heavy atom. The largest absolute Gasteiger partial charge is 0.383 e. The highest BCUT2D eigenvalue weighted by molar-refractivity contribution is 6.30. The molecule has 1 saturated carbocycles. The smallest absolute Gasteiger partial charge is 0.112 e. The third-order valence-electron chi connectivity index (χ3n) is 4.30. The molecule has 0 aliphatic heterocycles. The number of halogens is 1. The van der Waals surface area contributed by atoms with Gasteiger partial charge in [-0.1, -0.05) is 35.9 Å². The molecule has 2 atom stereocenters. The summed E-state index contributed by atoms with van der Waals surface area (Å²) in [6.07, 6.45) is 5.79. The lowest BCUT2D eigenvalue weighted by molar-refractivity contribution is -0.0445. The van der Waals surface area contributed by atoms with Gasteiger partial charge in [0.25, 0.3) is 0 Å². The Labute approximate surface area is 123 Å². The molecule has 1 aliphatic carbocycles. The van der Waals surface area contributed by atoms with E-state index in [2.05, 4.69) is 17.2 Å². The summed E-state index contributed by atoms with van der Waals surface area (Å²) in [4.78, 5) is 0. The van der Waals surface area contributed by atoms with Crippen LogP contribution in [0.1, 0.15) is 25.3 Å². The van der Waals surface area contributed by atoms with Gasteiger partial charge in [0.2, 0.25) is 0 Å². The van der Waals surface area contributed by atoms with E-state index >= 15 is 0 Å².